The Morgan fingerprint density at radius 3 is 2.51 bits per heavy atom. The van der Waals surface area contributed by atoms with Gasteiger partial charge in [0.15, 0.2) is 0 Å². The highest BCUT2D eigenvalue weighted by Crippen LogP contribution is 2.35. The SMILES string of the molecule is COC(=O)[C@@H]1CSCc2c(O)cc(O)c(C)c2C(=O)OCC(NC(=O)[C@@H]2C(O)CCN2C(=O)OC(C)(C)C)C(=O)N1. The monoisotopic (exact) mass is 597 g/mol. The number of methoxy groups -OCH3 is 1. The van der Waals surface area contributed by atoms with Crippen molar-refractivity contribution in [2.75, 3.05) is 26.0 Å². The Morgan fingerprint density at radius 2 is 1.88 bits per heavy atom. The molecule has 226 valence electrons. The number of aliphatic hydroxyl groups is 1. The molecule has 15 heteroatoms. The molecule has 3 amide bonds. The van der Waals surface area contributed by atoms with Crippen molar-refractivity contribution in [1.29, 1.82) is 0 Å². The van der Waals surface area contributed by atoms with E-state index in [1.165, 1.54) is 6.92 Å². The zero-order valence-electron chi connectivity index (χ0n) is 23.4. The predicted molar refractivity (Wildman–Crippen MR) is 144 cm³/mol. The van der Waals surface area contributed by atoms with Crippen molar-refractivity contribution >= 4 is 41.6 Å². The number of hydrogen-bond acceptors (Lipinski definition) is 12. The molecule has 1 saturated heterocycles. The number of benzene rings is 1. The highest BCUT2D eigenvalue weighted by molar-refractivity contribution is 7.98. The first-order valence-corrected chi connectivity index (χ1v) is 14.0. The minimum absolute atomic E-state index is 0.0186. The van der Waals surface area contributed by atoms with Gasteiger partial charge in [-0.25, -0.2) is 14.4 Å². The highest BCUT2D eigenvalue weighted by atomic mass is 32.2. The molecule has 41 heavy (non-hydrogen) atoms. The number of amides is 3. The lowest BCUT2D eigenvalue weighted by Crippen LogP contribution is -2.59. The van der Waals surface area contributed by atoms with Crippen LogP contribution in [0.4, 0.5) is 4.79 Å². The molecule has 0 spiro atoms. The van der Waals surface area contributed by atoms with Crippen LogP contribution in [0.15, 0.2) is 6.07 Å². The van der Waals surface area contributed by atoms with E-state index >= 15 is 0 Å². The Kier molecular flexibility index (Phi) is 9.97. The van der Waals surface area contributed by atoms with Crippen LogP contribution < -0.4 is 10.6 Å². The molecule has 0 saturated carbocycles. The van der Waals surface area contributed by atoms with Crippen LogP contribution in [0, 0.1) is 6.92 Å². The molecule has 2 aliphatic rings. The molecular formula is C26H35N3O11S. The first kappa shape index (κ1) is 31.8. The Labute approximate surface area is 240 Å². The molecule has 5 N–H and O–H groups in total. The smallest absolute Gasteiger partial charge is 0.411 e. The number of carbonyl (C=O) groups excluding carboxylic acids is 5. The predicted octanol–water partition coefficient (Wildman–Crippen LogP) is 0.323. The fourth-order valence-electron chi connectivity index (χ4n) is 4.38. The molecule has 1 fully saturated rings. The standard InChI is InChI=1S/C26H35N3O11S/c1-12-17(31)8-18(32)13-10-41-11-15(23(35)38-5)28-21(33)14(9-39-24(36)19(12)13)27-22(34)20-16(30)6-7-29(20)25(37)40-26(2,3)4/h8,14-16,20,30-32H,6-7,9-11H2,1-5H3,(H,27,34)(H,28,33)/t14?,15-,16?,20-/m0/s1. The number of likely N-dealkylation sites (tertiary alicyclic amines) is 1. The number of thioether (sulfide) groups is 1. The van der Waals surface area contributed by atoms with Crippen molar-refractivity contribution in [2.24, 2.45) is 0 Å². The lowest BCUT2D eigenvalue weighted by molar-refractivity contribution is -0.145. The topological polar surface area (TPSA) is 201 Å². The summed E-state index contributed by atoms with van der Waals surface area (Å²) < 4.78 is 15.5. The summed E-state index contributed by atoms with van der Waals surface area (Å²) in [5.41, 5.74) is -0.727. The summed E-state index contributed by atoms with van der Waals surface area (Å²) in [5, 5.41) is 36.0. The molecule has 0 bridgehead atoms. The number of aliphatic hydroxyl groups excluding tert-OH is 1. The van der Waals surface area contributed by atoms with Gasteiger partial charge in [-0.15, -0.1) is 0 Å². The van der Waals surface area contributed by atoms with E-state index in [1.54, 1.807) is 20.8 Å². The van der Waals surface area contributed by atoms with Crippen LogP contribution in [0.3, 0.4) is 0 Å². The number of rotatable bonds is 3. The molecule has 1 aromatic rings. The Balaban J connectivity index is 1.92. The van der Waals surface area contributed by atoms with E-state index in [1.807, 2.05) is 0 Å². The number of carbonyl (C=O) groups is 5. The van der Waals surface area contributed by atoms with Gasteiger partial charge in [0.05, 0.1) is 18.8 Å². The van der Waals surface area contributed by atoms with Gasteiger partial charge in [0.25, 0.3) is 0 Å². The third-order valence-electron chi connectivity index (χ3n) is 6.46. The second-order valence-corrected chi connectivity index (χ2v) is 11.7. The normalized spacial score (nSPS) is 23.7. The van der Waals surface area contributed by atoms with Crippen LogP contribution in [0.1, 0.15) is 48.7 Å². The maximum Gasteiger partial charge on any atom is 0.411 e. The zero-order valence-corrected chi connectivity index (χ0v) is 24.2. The summed E-state index contributed by atoms with van der Waals surface area (Å²) in [6.45, 7) is 5.68. The van der Waals surface area contributed by atoms with Crippen LogP contribution in [0.5, 0.6) is 11.5 Å². The number of hydrogen-bond donors (Lipinski definition) is 5. The largest absolute Gasteiger partial charge is 0.508 e. The van der Waals surface area contributed by atoms with Crippen LogP contribution in [-0.4, -0.2) is 106 Å². The van der Waals surface area contributed by atoms with Crippen LogP contribution in [0.2, 0.25) is 0 Å². The molecule has 0 radical (unpaired) electrons. The van der Waals surface area contributed by atoms with E-state index in [0.717, 1.165) is 29.8 Å². The van der Waals surface area contributed by atoms with Crippen molar-refractivity contribution in [3.05, 3.63) is 22.8 Å². The van der Waals surface area contributed by atoms with Crippen molar-refractivity contribution in [3.63, 3.8) is 0 Å². The van der Waals surface area contributed by atoms with Crippen LogP contribution in [0.25, 0.3) is 0 Å². The first-order chi connectivity index (χ1) is 19.1. The second-order valence-electron chi connectivity index (χ2n) is 10.6. The number of cyclic esters (lactones) is 1. The van der Waals surface area contributed by atoms with Gasteiger partial charge in [-0.1, -0.05) is 0 Å². The molecule has 3 rings (SSSR count). The molecule has 14 nitrogen and oxygen atoms in total. The van der Waals surface area contributed by atoms with Gasteiger partial charge in [0, 0.05) is 35.2 Å². The number of ether oxygens (including phenoxy) is 3. The van der Waals surface area contributed by atoms with Gasteiger partial charge in [-0.05, 0) is 34.1 Å². The molecule has 1 aromatic carbocycles. The number of fused-ring (bicyclic) bond motifs is 1. The summed E-state index contributed by atoms with van der Waals surface area (Å²) in [5.74, 6) is -4.29. The minimum atomic E-state index is -1.56. The number of phenols is 2. The van der Waals surface area contributed by atoms with Gasteiger partial charge < -0.3 is 40.2 Å². The third kappa shape index (κ3) is 7.52. The summed E-state index contributed by atoms with van der Waals surface area (Å²) in [6.07, 6.45) is -2.02. The first-order valence-electron chi connectivity index (χ1n) is 12.8. The summed E-state index contributed by atoms with van der Waals surface area (Å²) in [6, 6.07) is -3.06. The fourth-order valence-corrected chi connectivity index (χ4v) is 5.45. The number of phenolic OH excluding ortho intramolecular Hbond substituents is 2. The van der Waals surface area contributed by atoms with Crippen molar-refractivity contribution < 1.29 is 53.5 Å². The third-order valence-corrected chi connectivity index (χ3v) is 7.52. The van der Waals surface area contributed by atoms with Crippen LogP contribution >= 0.6 is 11.8 Å². The van der Waals surface area contributed by atoms with Crippen molar-refractivity contribution in [3.8, 4) is 11.5 Å². The van der Waals surface area contributed by atoms with Crippen molar-refractivity contribution in [2.45, 2.75) is 69.7 Å². The van der Waals surface area contributed by atoms with Crippen LogP contribution in [-0.2, 0) is 34.3 Å². The maximum atomic E-state index is 13.3. The molecule has 0 aromatic heterocycles. The lowest BCUT2D eigenvalue weighted by atomic mass is 10.0. The second kappa shape index (κ2) is 12.9. The average Bonchev–Trinajstić information content (AvgIpc) is 3.27. The van der Waals surface area contributed by atoms with Gasteiger partial charge in [0.2, 0.25) is 11.8 Å². The Hall–Kier alpha value is -3.72. The minimum Gasteiger partial charge on any atom is -0.508 e. The zero-order chi connectivity index (χ0) is 30.6. The van der Waals surface area contributed by atoms with E-state index in [4.69, 9.17) is 14.2 Å². The molecule has 0 aliphatic carbocycles. The van der Waals surface area contributed by atoms with Gasteiger partial charge in [-0.2, -0.15) is 11.8 Å². The van der Waals surface area contributed by atoms with Gasteiger partial charge >= 0.3 is 18.0 Å². The highest BCUT2D eigenvalue weighted by Gasteiger charge is 2.44. The van der Waals surface area contributed by atoms with E-state index in [2.05, 4.69) is 10.6 Å². The molecule has 2 unspecified atom stereocenters. The van der Waals surface area contributed by atoms with Gasteiger partial charge in [-0.3, -0.25) is 14.5 Å². The van der Waals surface area contributed by atoms with Crippen molar-refractivity contribution in [1.82, 2.24) is 15.5 Å². The van der Waals surface area contributed by atoms with Gasteiger partial charge in [0.1, 0.15) is 41.8 Å². The quantitative estimate of drug-likeness (QED) is 0.236. The fraction of sp³-hybridized carbons (Fsp3) is 0.577. The maximum absolute atomic E-state index is 13.3. The molecular weight excluding hydrogens is 562 g/mol. The molecule has 2 aliphatic heterocycles. The molecule has 4 atom stereocenters. The molecule has 2 heterocycles. The average molecular weight is 598 g/mol. The number of nitrogens with one attached hydrogen (secondary N) is 2. The Bertz CT molecular complexity index is 1220. The summed E-state index contributed by atoms with van der Waals surface area (Å²) in [7, 11) is 1.14. The number of aromatic hydroxyl groups is 2. The number of esters is 2. The number of nitrogens with zero attached hydrogens (tertiary/aromatic N) is 1. The van der Waals surface area contributed by atoms with E-state index in [0.29, 0.717) is 0 Å². The van der Waals surface area contributed by atoms with E-state index < -0.39 is 66.3 Å². The van der Waals surface area contributed by atoms with E-state index in [9.17, 15) is 39.3 Å². The lowest BCUT2D eigenvalue weighted by Gasteiger charge is -2.30. The van der Waals surface area contributed by atoms with E-state index in [-0.39, 0.29) is 52.7 Å². The summed E-state index contributed by atoms with van der Waals surface area (Å²) >= 11 is 1.10. The Morgan fingerprint density at radius 1 is 1.20 bits per heavy atom. The summed E-state index contributed by atoms with van der Waals surface area (Å²) in [4.78, 5) is 65.8.